The highest BCUT2D eigenvalue weighted by molar-refractivity contribution is 7.14. The quantitative estimate of drug-likeness (QED) is 0.869. The van der Waals surface area contributed by atoms with E-state index in [0.29, 0.717) is 6.04 Å². The molecule has 0 bridgehead atoms. The standard InChI is InChI=1S/C17H21N3OS/c1-12(21)20(3)17-18-14(11-22-17)10-19(2)16-9-8-13-6-4-5-7-15(13)16/h4-7,11,16H,8-10H2,1-3H3/t16-/m1/s1. The van der Waals surface area contributed by atoms with E-state index in [4.69, 9.17) is 0 Å². The molecule has 1 heterocycles. The van der Waals surface area contributed by atoms with Crippen LogP contribution in [0.2, 0.25) is 0 Å². The Morgan fingerprint density at radius 2 is 2.14 bits per heavy atom. The first-order valence-electron chi connectivity index (χ1n) is 7.53. The minimum atomic E-state index is 0.0129. The molecule has 0 saturated heterocycles. The van der Waals surface area contributed by atoms with E-state index in [-0.39, 0.29) is 5.91 Å². The van der Waals surface area contributed by atoms with Gasteiger partial charge in [-0.05, 0) is 31.0 Å². The van der Waals surface area contributed by atoms with Crippen LogP contribution in [0.15, 0.2) is 29.6 Å². The minimum absolute atomic E-state index is 0.0129. The third-order valence-corrected chi connectivity index (χ3v) is 5.31. The second-order valence-electron chi connectivity index (χ2n) is 5.87. The highest BCUT2D eigenvalue weighted by Gasteiger charge is 2.25. The van der Waals surface area contributed by atoms with Crippen molar-refractivity contribution in [3.8, 4) is 0 Å². The van der Waals surface area contributed by atoms with Crippen LogP contribution in [0.1, 0.15) is 36.2 Å². The number of hydrogen-bond acceptors (Lipinski definition) is 4. The summed E-state index contributed by atoms with van der Waals surface area (Å²) in [5, 5.41) is 2.81. The molecule has 5 heteroatoms. The fraction of sp³-hybridized carbons (Fsp3) is 0.412. The molecular formula is C17H21N3OS. The summed E-state index contributed by atoms with van der Waals surface area (Å²) in [5.74, 6) is 0.0129. The Morgan fingerprint density at radius 1 is 1.36 bits per heavy atom. The van der Waals surface area contributed by atoms with Crippen LogP contribution in [-0.4, -0.2) is 29.9 Å². The lowest BCUT2D eigenvalue weighted by molar-refractivity contribution is -0.116. The van der Waals surface area contributed by atoms with Crippen molar-refractivity contribution in [3.05, 3.63) is 46.5 Å². The lowest BCUT2D eigenvalue weighted by Crippen LogP contribution is -2.24. The predicted molar refractivity (Wildman–Crippen MR) is 90.2 cm³/mol. The fourth-order valence-electron chi connectivity index (χ4n) is 3.02. The number of aromatic nitrogens is 1. The van der Waals surface area contributed by atoms with E-state index in [1.54, 1.807) is 18.9 Å². The molecule has 1 amide bonds. The summed E-state index contributed by atoms with van der Waals surface area (Å²) in [5.41, 5.74) is 3.94. The van der Waals surface area contributed by atoms with Crippen LogP contribution in [-0.2, 0) is 17.8 Å². The number of benzene rings is 1. The van der Waals surface area contributed by atoms with E-state index < -0.39 is 0 Å². The van der Waals surface area contributed by atoms with Crippen LogP contribution < -0.4 is 4.90 Å². The molecule has 1 aromatic heterocycles. The van der Waals surface area contributed by atoms with Gasteiger partial charge in [0.2, 0.25) is 5.91 Å². The van der Waals surface area contributed by atoms with Crippen molar-refractivity contribution in [2.45, 2.75) is 32.4 Å². The zero-order valence-corrected chi connectivity index (χ0v) is 14.1. The first kappa shape index (κ1) is 15.2. The molecule has 0 radical (unpaired) electrons. The highest BCUT2D eigenvalue weighted by Crippen LogP contribution is 2.35. The molecule has 0 N–H and O–H groups in total. The average molecular weight is 315 g/mol. The number of anilines is 1. The molecule has 0 spiro atoms. The Balaban J connectivity index is 1.70. The maximum atomic E-state index is 11.4. The van der Waals surface area contributed by atoms with Crippen molar-refractivity contribution in [2.75, 3.05) is 19.0 Å². The second-order valence-corrected chi connectivity index (χ2v) is 6.70. The SMILES string of the molecule is CC(=O)N(C)c1nc(CN(C)[C@@H]2CCc3ccccc32)cs1. The van der Waals surface area contributed by atoms with Gasteiger partial charge in [-0.15, -0.1) is 11.3 Å². The van der Waals surface area contributed by atoms with Crippen molar-refractivity contribution in [2.24, 2.45) is 0 Å². The van der Waals surface area contributed by atoms with Crippen LogP contribution in [0, 0.1) is 0 Å². The smallest absolute Gasteiger partial charge is 0.225 e. The summed E-state index contributed by atoms with van der Waals surface area (Å²) in [7, 11) is 3.92. The van der Waals surface area contributed by atoms with Crippen LogP contribution in [0.3, 0.4) is 0 Å². The Morgan fingerprint density at radius 3 is 2.91 bits per heavy atom. The number of rotatable bonds is 4. The third kappa shape index (κ3) is 2.91. The maximum Gasteiger partial charge on any atom is 0.225 e. The molecule has 0 aliphatic heterocycles. The van der Waals surface area contributed by atoms with E-state index >= 15 is 0 Å². The number of carbonyl (C=O) groups is 1. The molecule has 0 unspecified atom stereocenters. The van der Waals surface area contributed by atoms with Gasteiger partial charge in [0, 0.05) is 31.9 Å². The van der Waals surface area contributed by atoms with Gasteiger partial charge in [0.1, 0.15) is 0 Å². The molecule has 116 valence electrons. The Bertz CT molecular complexity index is 682. The molecule has 2 aromatic rings. The molecule has 4 nitrogen and oxygen atoms in total. The summed E-state index contributed by atoms with van der Waals surface area (Å²) in [6.45, 7) is 2.36. The third-order valence-electron chi connectivity index (χ3n) is 4.34. The van der Waals surface area contributed by atoms with Crippen LogP contribution in [0.5, 0.6) is 0 Å². The normalized spacial score (nSPS) is 16.8. The van der Waals surface area contributed by atoms with Gasteiger partial charge >= 0.3 is 0 Å². The Kier molecular flexibility index (Phi) is 4.27. The summed E-state index contributed by atoms with van der Waals surface area (Å²) in [6, 6.07) is 9.16. The zero-order chi connectivity index (χ0) is 15.7. The van der Waals surface area contributed by atoms with Crippen molar-refractivity contribution < 1.29 is 4.79 Å². The monoisotopic (exact) mass is 315 g/mol. The van der Waals surface area contributed by atoms with E-state index in [0.717, 1.165) is 23.8 Å². The van der Waals surface area contributed by atoms with E-state index in [1.807, 2.05) is 5.38 Å². The number of aryl methyl sites for hydroxylation is 1. The van der Waals surface area contributed by atoms with E-state index in [9.17, 15) is 4.79 Å². The van der Waals surface area contributed by atoms with Crippen molar-refractivity contribution in [1.82, 2.24) is 9.88 Å². The van der Waals surface area contributed by atoms with Crippen molar-refractivity contribution >= 4 is 22.4 Å². The van der Waals surface area contributed by atoms with Crippen LogP contribution >= 0.6 is 11.3 Å². The zero-order valence-electron chi connectivity index (χ0n) is 13.2. The van der Waals surface area contributed by atoms with Gasteiger partial charge < -0.3 is 0 Å². The van der Waals surface area contributed by atoms with Crippen LogP contribution in [0.25, 0.3) is 0 Å². The first-order chi connectivity index (χ1) is 10.6. The largest absolute Gasteiger partial charge is 0.293 e. The van der Waals surface area contributed by atoms with Gasteiger partial charge in [-0.1, -0.05) is 24.3 Å². The number of carbonyl (C=O) groups excluding carboxylic acids is 1. The Labute approximate surface area is 135 Å². The number of nitrogens with zero attached hydrogens (tertiary/aromatic N) is 3. The fourth-order valence-corrected chi connectivity index (χ4v) is 3.84. The summed E-state index contributed by atoms with van der Waals surface area (Å²) >= 11 is 1.52. The number of thiazole rings is 1. The summed E-state index contributed by atoms with van der Waals surface area (Å²) in [4.78, 5) is 19.9. The second kappa shape index (κ2) is 6.18. The molecule has 0 saturated carbocycles. The van der Waals surface area contributed by atoms with Crippen molar-refractivity contribution in [3.63, 3.8) is 0 Å². The summed E-state index contributed by atoms with van der Waals surface area (Å²) < 4.78 is 0. The van der Waals surface area contributed by atoms with Gasteiger partial charge in [0.25, 0.3) is 0 Å². The van der Waals surface area contributed by atoms with Gasteiger partial charge in [0.15, 0.2) is 5.13 Å². The molecule has 1 aliphatic rings. The molecule has 1 atom stereocenters. The first-order valence-corrected chi connectivity index (χ1v) is 8.41. The van der Waals surface area contributed by atoms with Crippen LogP contribution in [0.4, 0.5) is 5.13 Å². The average Bonchev–Trinajstić information content (AvgIpc) is 3.12. The molecule has 0 fully saturated rings. The highest BCUT2D eigenvalue weighted by atomic mass is 32.1. The lowest BCUT2D eigenvalue weighted by atomic mass is 10.1. The molecular weight excluding hydrogens is 294 g/mol. The molecule has 1 aliphatic carbocycles. The number of amides is 1. The topological polar surface area (TPSA) is 36.4 Å². The van der Waals surface area contributed by atoms with E-state index in [1.165, 1.54) is 28.9 Å². The Hall–Kier alpha value is -1.72. The van der Waals surface area contributed by atoms with Gasteiger partial charge in [-0.3, -0.25) is 14.6 Å². The minimum Gasteiger partial charge on any atom is -0.293 e. The number of fused-ring (bicyclic) bond motifs is 1. The molecule has 3 rings (SSSR count). The van der Waals surface area contributed by atoms with Gasteiger partial charge in [0.05, 0.1) is 5.69 Å². The molecule has 22 heavy (non-hydrogen) atoms. The number of hydrogen-bond donors (Lipinski definition) is 0. The maximum absolute atomic E-state index is 11.4. The van der Waals surface area contributed by atoms with Gasteiger partial charge in [-0.25, -0.2) is 4.98 Å². The van der Waals surface area contributed by atoms with Crippen molar-refractivity contribution in [1.29, 1.82) is 0 Å². The lowest BCUT2D eigenvalue weighted by Gasteiger charge is -2.24. The predicted octanol–water partition coefficient (Wildman–Crippen LogP) is 3.25. The summed E-state index contributed by atoms with van der Waals surface area (Å²) in [6.07, 6.45) is 2.32. The molecule has 1 aromatic carbocycles. The van der Waals surface area contributed by atoms with E-state index in [2.05, 4.69) is 41.2 Å². The van der Waals surface area contributed by atoms with Gasteiger partial charge in [-0.2, -0.15) is 0 Å².